The van der Waals surface area contributed by atoms with Crippen molar-refractivity contribution >= 4 is 39.4 Å². The molecule has 150 valence electrons. The van der Waals surface area contributed by atoms with Gasteiger partial charge in [0.15, 0.2) is 5.78 Å². The molecule has 0 unspecified atom stereocenters. The van der Waals surface area contributed by atoms with Gasteiger partial charge in [0.2, 0.25) is 6.41 Å². The number of carbonyl (C=O) groups is 2. The van der Waals surface area contributed by atoms with Crippen LogP contribution >= 0.6 is 11.3 Å². The van der Waals surface area contributed by atoms with Crippen molar-refractivity contribution in [3.05, 3.63) is 82.0 Å². The number of thiophene rings is 1. The zero-order valence-corrected chi connectivity index (χ0v) is 16.7. The molecule has 0 spiro atoms. The van der Waals surface area contributed by atoms with Crippen LogP contribution in [0.15, 0.2) is 65.0 Å². The molecule has 0 saturated carbocycles. The predicted octanol–water partition coefficient (Wildman–Crippen LogP) is 3.74. The number of carbonyl (C=O) groups excluding carboxylic acids is 2. The lowest BCUT2D eigenvalue weighted by atomic mass is 10.1. The number of fused-ring (bicyclic) bond motifs is 1. The van der Waals surface area contributed by atoms with E-state index in [-0.39, 0.29) is 23.7 Å². The highest BCUT2D eigenvalue weighted by molar-refractivity contribution is 7.17. The van der Waals surface area contributed by atoms with Gasteiger partial charge in [-0.05, 0) is 42.0 Å². The third kappa shape index (κ3) is 3.65. The molecule has 0 aliphatic carbocycles. The predicted molar refractivity (Wildman–Crippen MR) is 115 cm³/mol. The quantitative estimate of drug-likeness (QED) is 0.351. The highest BCUT2D eigenvalue weighted by atomic mass is 32.1. The number of aromatic nitrogens is 2. The van der Waals surface area contributed by atoms with Gasteiger partial charge in [-0.1, -0.05) is 12.1 Å². The molecular weight excluding hydrogens is 405 g/mol. The number of Topliss-reactive ketones (excluding diaryl/α,β-unsaturated/α-hetero) is 1. The van der Waals surface area contributed by atoms with Crippen molar-refractivity contribution in [2.24, 2.45) is 0 Å². The van der Waals surface area contributed by atoms with Gasteiger partial charge in [-0.25, -0.2) is 9.37 Å². The van der Waals surface area contributed by atoms with E-state index in [0.717, 1.165) is 0 Å². The number of benzene rings is 2. The molecule has 2 aromatic heterocycles. The summed E-state index contributed by atoms with van der Waals surface area (Å²) in [6, 6.07) is 12.4. The highest BCUT2D eigenvalue weighted by Gasteiger charge is 2.15. The molecule has 0 saturated heterocycles. The Kier molecular flexibility index (Phi) is 5.24. The van der Waals surface area contributed by atoms with Gasteiger partial charge in [0.1, 0.15) is 10.6 Å². The zero-order chi connectivity index (χ0) is 21.3. The fraction of sp³-hybridized carbons (Fsp3) is 0.0909. The van der Waals surface area contributed by atoms with Crippen molar-refractivity contribution in [1.82, 2.24) is 9.55 Å². The molecule has 0 N–H and O–H groups in total. The Morgan fingerprint density at radius 3 is 2.53 bits per heavy atom. The first-order valence-electron chi connectivity index (χ1n) is 9.02. The van der Waals surface area contributed by atoms with Crippen LogP contribution in [-0.2, 0) is 11.3 Å². The number of halogens is 1. The zero-order valence-electron chi connectivity index (χ0n) is 15.9. The molecule has 0 aliphatic rings. The van der Waals surface area contributed by atoms with Crippen LogP contribution in [0.5, 0.6) is 0 Å². The summed E-state index contributed by atoms with van der Waals surface area (Å²) in [5.41, 5.74) is 2.13. The SMILES string of the molecule is CN(C=O)c1ccc(C(=O)Cn2cnc3scc(-c4ccc(F)cc4)c3c2=O)cc1. The van der Waals surface area contributed by atoms with E-state index in [1.54, 1.807) is 48.8 Å². The third-order valence-electron chi connectivity index (χ3n) is 4.78. The van der Waals surface area contributed by atoms with Gasteiger partial charge in [-0.15, -0.1) is 11.3 Å². The molecule has 4 aromatic rings. The molecule has 2 heterocycles. The summed E-state index contributed by atoms with van der Waals surface area (Å²) in [6.07, 6.45) is 2.04. The average Bonchev–Trinajstić information content (AvgIpc) is 3.20. The largest absolute Gasteiger partial charge is 0.318 e. The molecule has 2 aromatic carbocycles. The van der Waals surface area contributed by atoms with Crippen LogP contribution < -0.4 is 10.5 Å². The Bertz CT molecular complexity index is 1290. The molecule has 0 aliphatic heterocycles. The van der Waals surface area contributed by atoms with Crippen molar-refractivity contribution in [1.29, 1.82) is 0 Å². The first-order chi connectivity index (χ1) is 14.5. The number of nitrogens with zero attached hydrogens (tertiary/aromatic N) is 3. The van der Waals surface area contributed by atoms with Crippen LogP contribution in [0.3, 0.4) is 0 Å². The molecule has 0 atom stereocenters. The lowest BCUT2D eigenvalue weighted by Gasteiger charge is -2.11. The Morgan fingerprint density at radius 1 is 1.17 bits per heavy atom. The lowest BCUT2D eigenvalue weighted by molar-refractivity contribution is -0.107. The average molecular weight is 421 g/mol. The minimum Gasteiger partial charge on any atom is -0.318 e. The van der Waals surface area contributed by atoms with Crippen molar-refractivity contribution in [2.75, 3.05) is 11.9 Å². The topological polar surface area (TPSA) is 72.3 Å². The Hall–Kier alpha value is -3.65. The second kappa shape index (κ2) is 8.00. The molecule has 8 heteroatoms. The van der Waals surface area contributed by atoms with Gasteiger partial charge in [-0.2, -0.15) is 0 Å². The maximum atomic E-state index is 13.2. The van der Waals surface area contributed by atoms with Gasteiger partial charge in [-0.3, -0.25) is 19.0 Å². The standard InChI is InChI=1S/C22H16FN3O3S/c1-25(13-27)17-8-4-15(5-9-17)19(28)10-26-12-24-21-20(22(26)29)18(11-30-21)14-2-6-16(23)7-3-14/h2-9,11-13H,10H2,1H3. The Balaban J connectivity index is 1.66. The number of ketones is 1. The summed E-state index contributed by atoms with van der Waals surface area (Å²) in [5.74, 6) is -0.609. The van der Waals surface area contributed by atoms with Gasteiger partial charge in [0, 0.05) is 29.2 Å². The van der Waals surface area contributed by atoms with Gasteiger partial charge in [0.05, 0.1) is 18.3 Å². The molecule has 0 fully saturated rings. The lowest BCUT2D eigenvalue weighted by Crippen LogP contribution is -2.24. The van der Waals surface area contributed by atoms with Crippen LogP contribution in [0.4, 0.5) is 10.1 Å². The third-order valence-corrected chi connectivity index (χ3v) is 5.67. The first-order valence-corrected chi connectivity index (χ1v) is 9.90. The summed E-state index contributed by atoms with van der Waals surface area (Å²) < 4.78 is 14.5. The number of amides is 1. The van der Waals surface area contributed by atoms with E-state index in [2.05, 4.69) is 4.98 Å². The van der Waals surface area contributed by atoms with E-state index in [4.69, 9.17) is 0 Å². The van der Waals surface area contributed by atoms with Crippen LogP contribution in [0, 0.1) is 5.82 Å². The first kappa shape index (κ1) is 19.7. The second-order valence-corrected chi connectivity index (χ2v) is 7.56. The van der Waals surface area contributed by atoms with Crippen LogP contribution in [0.1, 0.15) is 10.4 Å². The Labute approximate surface area is 174 Å². The van der Waals surface area contributed by atoms with Crippen LogP contribution in [0.25, 0.3) is 21.3 Å². The number of anilines is 1. The summed E-state index contributed by atoms with van der Waals surface area (Å²) in [4.78, 5) is 42.8. The minimum absolute atomic E-state index is 0.163. The minimum atomic E-state index is -0.357. The number of hydrogen-bond acceptors (Lipinski definition) is 5. The fourth-order valence-corrected chi connectivity index (χ4v) is 4.02. The molecule has 6 nitrogen and oxygen atoms in total. The van der Waals surface area contributed by atoms with E-state index < -0.39 is 0 Å². The van der Waals surface area contributed by atoms with Gasteiger partial charge >= 0.3 is 0 Å². The maximum Gasteiger partial charge on any atom is 0.263 e. The number of hydrogen-bond donors (Lipinski definition) is 0. The molecule has 0 radical (unpaired) electrons. The molecule has 4 rings (SSSR count). The smallest absolute Gasteiger partial charge is 0.263 e. The van der Waals surface area contributed by atoms with Crippen molar-refractivity contribution < 1.29 is 14.0 Å². The van der Waals surface area contributed by atoms with Crippen LogP contribution in [-0.4, -0.2) is 28.8 Å². The van der Waals surface area contributed by atoms with E-state index in [9.17, 15) is 18.8 Å². The van der Waals surface area contributed by atoms with Crippen molar-refractivity contribution in [3.63, 3.8) is 0 Å². The summed E-state index contributed by atoms with van der Waals surface area (Å²) in [6.45, 7) is -0.163. The highest BCUT2D eigenvalue weighted by Crippen LogP contribution is 2.30. The summed E-state index contributed by atoms with van der Waals surface area (Å²) in [5, 5.41) is 2.21. The summed E-state index contributed by atoms with van der Waals surface area (Å²) >= 11 is 1.32. The second-order valence-electron chi connectivity index (χ2n) is 6.70. The van der Waals surface area contributed by atoms with Gasteiger partial charge in [0.25, 0.3) is 5.56 Å². The molecule has 30 heavy (non-hydrogen) atoms. The summed E-state index contributed by atoms with van der Waals surface area (Å²) in [7, 11) is 1.61. The van der Waals surface area contributed by atoms with E-state index in [1.165, 1.54) is 39.3 Å². The molecule has 0 bridgehead atoms. The molecule has 1 amide bonds. The monoisotopic (exact) mass is 421 g/mol. The van der Waals surface area contributed by atoms with Gasteiger partial charge < -0.3 is 4.90 Å². The van der Waals surface area contributed by atoms with E-state index in [1.807, 2.05) is 0 Å². The molecular formula is C22H16FN3O3S. The normalized spacial score (nSPS) is 10.9. The van der Waals surface area contributed by atoms with Crippen molar-refractivity contribution in [2.45, 2.75) is 6.54 Å². The van der Waals surface area contributed by atoms with Crippen LogP contribution in [0.2, 0.25) is 0 Å². The Morgan fingerprint density at radius 2 is 1.87 bits per heavy atom. The van der Waals surface area contributed by atoms with Crippen molar-refractivity contribution in [3.8, 4) is 11.1 Å². The maximum absolute atomic E-state index is 13.2. The fourth-order valence-electron chi connectivity index (χ4n) is 3.11. The van der Waals surface area contributed by atoms with E-state index in [0.29, 0.717) is 39.0 Å². The number of rotatable bonds is 6. The van der Waals surface area contributed by atoms with E-state index >= 15 is 0 Å².